The average Bonchev–Trinajstić information content (AvgIpc) is 2.46. The molecule has 1 rings (SSSR count). The van der Waals surface area contributed by atoms with Gasteiger partial charge in [-0.05, 0) is 6.92 Å². The normalized spacial score (nSPS) is 22.9. The van der Waals surface area contributed by atoms with Gasteiger partial charge in [-0.3, -0.25) is 4.79 Å². The van der Waals surface area contributed by atoms with Crippen molar-refractivity contribution in [2.24, 2.45) is 0 Å². The molecule has 0 bridgehead atoms. The second kappa shape index (κ2) is 5.27. The molecular weight excluding hydrogens is 218 g/mol. The lowest BCUT2D eigenvalue weighted by atomic mass is 10.3. The van der Waals surface area contributed by atoms with Crippen LogP contribution < -0.4 is 5.32 Å². The first kappa shape index (κ1) is 12.2. The number of nitrogens with one attached hydrogen (secondary N) is 1. The van der Waals surface area contributed by atoms with E-state index in [1.807, 2.05) is 0 Å². The van der Waals surface area contributed by atoms with Gasteiger partial charge in [-0.2, -0.15) is 0 Å². The third kappa shape index (κ3) is 4.44. The largest absolute Gasteiger partial charge is 0.466 e. The summed E-state index contributed by atoms with van der Waals surface area (Å²) in [4.78, 5) is 10.9. The summed E-state index contributed by atoms with van der Waals surface area (Å²) in [7, 11) is -3.02. The molecule has 6 heteroatoms. The van der Waals surface area contributed by atoms with Crippen LogP contribution in [0.2, 0.25) is 0 Å². The highest BCUT2D eigenvalue weighted by molar-refractivity contribution is 7.94. The molecule has 1 unspecified atom stereocenters. The molecule has 0 spiro atoms. The van der Waals surface area contributed by atoms with E-state index in [1.165, 1.54) is 5.41 Å². The van der Waals surface area contributed by atoms with E-state index in [4.69, 9.17) is 4.74 Å². The molecular formula is C9H15NO4S. The standard InChI is InChI=1S/C9H15NO4S/c1-2-14-9(11)3-5-10-8-4-6-15(12,13)7-8/h4,6,8,10H,2-3,5,7H2,1H3. The number of rotatable bonds is 5. The first-order chi connectivity index (χ1) is 7.03. The van der Waals surface area contributed by atoms with Crippen LogP contribution in [-0.4, -0.2) is 39.3 Å². The summed E-state index contributed by atoms with van der Waals surface area (Å²) in [5.74, 6) is -0.189. The Balaban J connectivity index is 2.18. The van der Waals surface area contributed by atoms with Crippen LogP contribution >= 0.6 is 0 Å². The molecule has 1 heterocycles. The quantitative estimate of drug-likeness (QED) is 0.668. The van der Waals surface area contributed by atoms with Crippen molar-refractivity contribution < 1.29 is 17.9 Å². The highest BCUT2D eigenvalue weighted by Crippen LogP contribution is 2.07. The van der Waals surface area contributed by atoms with E-state index in [9.17, 15) is 13.2 Å². The van der Waals surface area contributed by atoms with Crippen molar-refractivity contribution in [3.8, 4) is 0 Å². The maximum atomic E-state index is 11.0. The third-order valence-corrected chi connectivity index (χ3v) is 3.37. The highest BCUT2D eigenvalue weighted by Gasteiger charge is 2.20. The van der Waals surface area contributed by atoms with Gasteiger partial charge in [0.05, 0.1) is 18.8 Å². The summed E-state index contributed by atoms with van der Waals surface area (Å²) >= 11 is 0. The summed E-state index contributed by atoms with van der Waals surface area (Å²) in [6, 6.07) is -0.176. The molecule has 0 aromatic carbocycles. The second-order valence-corrected chi connectivity index (χ2v) is 5.20. The molecule has 0 fully saturated rings. The number of ether oxygens (including phenoxy) is 1. The summed E-state index contributed by atoms with van der Waals surface area (Å²) in [6.45, 7) is 2.55. The topological polar surface area (TPSA) is 72.5 Å². The van der Waals surface area contributed by atoms with Gasteiger partial charge in [0.1, 0.15) is 0 Å². The van der Waals surface area contributed by atoms with Crippen LogP contribution in [0.5, 0.6) is 0 Å². The number of esters is 1. The van der Waals surface area contributed by atoms with Gasteiger partial charge in [0.2, 0.25) is 0 Å². The van der Waals surface area contributed by atoms with Gasteiger partial charge in [0.25, 0.3) is 0 Å². The summed E-state index contributed by atoms with van der Waals surface area (Å²) in [5, 5.41) is 4.16. The Hall–Kier alpha value is -0.880. The van der Waals surface area contributed by atoms with Crippen LogP contribution in [0, 0.1) is 0 Å². The molecule has 0 saturated carbocycles. The predicted octanol–water partition coefficient (Wildman–Crippen LogP) is -0.160. The Morgan fingerprint density at radius 3 is 2.87 bits per heavy atom. The van der Waals surface area contributed by atoms with Crippen LogP contribution in [0.25, 0.3) is 0 Å². The molecule has 1 atom stereocenters. The SMILES string of the molecule is CCOC(=O)CCNC1C=CS(=O)(=O)C1. The van der Waals surface area contributed by atoms with Crippen molar-refractivity contribution in [2.75, 3.05) is 18.9 Å². The van der Waals surface area contributed by atoms with Gasteiger partial charge < -0.3 is 10.1 Å². The minimum atomic E-state index is -3.02. The minimum absolute atomic E-state index is 0.0792. The van der Waals surface area contributed by atoms with Crippen LogP contribution in [0.3, 0.4) is 0 Å². The van der Waals surface area contributed by atoms with Crippen molar-refractivity contribution in [1.82, 2.24) is 5.32 Å². The summed E-state index contributed by atoms with van der Waals surface area (Å²) in [5.41, 5.74) is 0. The number of carbonyl (C=O) groups is 1. The number of sulfone groups is 1. The zero-order valence-corrected chi connectivity index (χ0v) is 9.42. The molecule has 0 radical (unpaired) electrons. The maximum absolute atomic E-state index is 11.0. The summed E-state index contributed by atoms with van der Waals surface area (Å²) < 4.78 is 26.8. The fourth-order valence-electron chi connectivity index (χ4n) is 1.30. The van der Waals surface area contributed by atoms with Crippen LogP contribution in [0.1, 0.15) is 13.3 Å². The molecule has 5 nitrogen and oxygen atoms in total. The zero-order valence-electron chi connectivity index (χ0n) is 8.60. The highest BCUT2D eigenvalue weighted by atomic mass is 32.2. The van der Waals surface area contributed by atoms with E-state index in [1.54, 1.807) is 13.0 Å². The second-order valence-electron chi connectivity index (χ2n) is 3.27. The van der Waals surface area contributed by atoms with E-state index in [0.29, 0.717) is 13.2 Å². The molecule has 1 aliphatic heterocycles. The molecule has 0 aliphatic carbocycles. The first-order valence-corrected chi connectivity index (χ1v) is 6.55. The van der Waals surface area contributed by atoms with Gasteiger partial charge >= 0.3 is 5.97 Å². The van der Waals surface area contributed by atoms with Gasteiger partial charge in [0, 0.05) is 18.0 Å². The Labute approximate surface area is 89.4 Å². The zero-order chi connectivity index (χ0) is 11.3. The van der Waals surface area contributed by atoms with Gasteiger partial charge in [-0.25, -0.2) is 8.42 Å². The molecule has 1 aliphatic rings. The minimum Gasteiger partial charge on any atom is -0.466 e. The number of hydrogen-bond donors (Lipinski definition) is 1. The molecule has 0 aromatic heterocycles. The molecule has 86 valence electrons. The van der Waals surface area contributed by atoms with E-state index in [2.05, 4.69) is 5.32 Å². The van der Waals surface area contributed by atoms with Crippen molar-refractivity contribution >= 4 is 15.8 Å². The number of carbonyl (C=O) groups excluding carboxylic acids is 1. The van der Waals surface area contributed by atoms with E-state index in [-0.39, 0.29) is 24.2 Å². The van der Waals surface area contributed by atoms with Gasteiger partial charge in [-0.15, -0.1) is 0 Å². The van der Waals surface area contributed by atoms with Crippen molar-refractivity contribution in [2.45, 2.75) is 19.4 Å². The lowest BCUT2D eigenvalue weighted by Crippen LogP contribution is -2.32. The fraction of sp³-hybridized carbons (Fsp3) is 0.667. The molecule has 0 saturated heterocycles. The Kier molecular flexibility index (Phi) is 4.28. The van der Waals surface area contributed by atoms with Crippen LogP contribution in [-0.2, 0) is 19.4 Å². The first-order valence-electron chi connectivity index (χ1n) is 4.83. The van der Waals surface area contributed by atoms with Crippen molar-refractivity contribution in [3.05, 3.63) is 11.5 Å². The van der Waals surface area contributed by atoms with Crippen LogP contribution in [0.4, 0.5) is 0 Å². The van der Waals surface area contributed by atoms with E-state index < -0.39 is 9.84 Å². The van der Waals surface area contributed by atoms with Crippen LogP contribution in [0.15, 0.2) is 11.5 Å². The lowest BCUT2D eigenvalue weighted by Gasteiger charge is -2.08. The van der Waals surface area contributed by atoms with Crippen molar-refractivity contribution in [1.29, 1.82) is 0 Å². The molecule has 0 aromatic rings. The average molecular weight is 233 g/mol. The van der Waals surface area contributed by atoms with E-state index >= 15 is 0 Å². The number of hydrogen-bond acceptors (Lipinski definition) is 5. The third-order valence-electron chi connectivity index (χ3n) is 1.97. The van der Waals surface area contributed by atoms with Gasteiger partial charge in [-0.1, -0.05) is 6.08 Å². The monoisotopic (exact) mass is 233 g/mol. The Morgan fingerprint density at radius 2 is 2.33 bits per heavy atom. The maximum Gasteiger partial charge on any atom is 0.307 e. The molecule has 15 heavy (non-hydrogen) atoms. The van der Waals surface area contributed by atoms with E-state index in [0.717, 1.165) is 0 Å². The molecule has 0 amide bonds. The lowest BCUT2D eigenvalue weighted by molar-refractivity contribution is -0.142. The Morgan fingerprint density at radius 1 is 1.60 bits per heavy atom. The Bertz CT molecular complexity index is 347. The fourth-order valence-corrected chi connectivity index (χ4v) is 2.57. The summed E-state index contributed by atoms with van der Waals surface area (Å²) in [6.07, 6.45) is 1.86. The van der Waals surface area contributed by atoms with Crippen molar-refractivity contribution in [3.63, 3.8) is 0 Å². The van der Waals surface area contributed by atoms with Gasteiger partial charge in [0.15, 0.2) is 9.84 Å². The smallest absolute Gasteiger partial charge is 0.307 e. The molecule has 1 N–H and O–H groups in total. The predicted molar refractivity (Wildman–Crippen MR) is 56.0 cm³/mol.